The molecule has 1 aromatic heterocycles. The molecule has 84 valence electrons. The van der Waals surface area contributed by atoms with Gasteiger partial charge >= 0.3 is 0 Å². The number of hydrogen-bond acceptors (Lipinski definition) is 3. The maximum absolute atomic E-state index is 6.15. The van der Waals surface area contributed by atoms with Gasteiger partial charge in [0.2, 0.25) is 0 Å². The van der Waals surface area contributed by atoms with Gasteiger partial charge in [-0.2, -0.15) is 0 Å². The van der Waals surface area contributed by atoms with Gasteiger partial charge in [0.05, 0.1) is 0 Å². The number of pyridine rings is 1. The fraction of sp³-hybridized carbons (Fsp3) is 0.583. The predicted octanol–water partition coefficient (Wildman–Crippen LogP) is 3.08. The molecule has 0 saturated heterocycles. The summed E-state index contributed by atoms with van der Waals surface area (Å²) in [6.07, 6.45) is 7.06. The molecule has 0 bridgehead atoms. The zero-order valence-corrected chi connectivity index (χ0v) is 10.3. The van der Waals surface area contributed by atoms with Crippen molar-refractivity contribution in [1.82, 2.24) is 4.98 Å². The Morgan fingerprint density at radius 2 is 2.00 bits per heavy atom. The third kappa shape index (κ3) is 4.22. The molecule has 2 atom stereocenters. The number of rotatable bonds is 6. The Kier molecular flexibility index (Phi) is 5.73. The van der Waals surface area contributed by atoms with Crippen LogP contribution in [0.3, 0.4) is 0 Å². The zero-order valence-electron chi connectivity index (χ0n) is 9.52. The highest BCUT2D eigenvalue weighted by Gasteiger charge is 2.16. The van der Waals surface area contributed by atoms with E-state index in [9.17, 15) is 0 Å². The van der Waals surface area contributed by atoms with Crippen LogP contribution < -0.4 is 5.73 Å². The first-order valence-electron chi connectivity index (χ1n) is 5.60. The highest BCUT2D eigenvalue weighted by Crippen LogP contribution is 2.27. The van der Waals surface area contributed by atoms with Crippen LogP contribution in [0, 0.1) is 0 Å². The quantitative estimate of drug-likeness (QED) is 0.755. The van der Waals surface area contributed by atoms with Crippen molar-refractivity contribution in [3.63, 3.8) is 0 Å². The van der Waals surface area contributed by atoms with Gasteiger partial charge < -0.3 is 5.73 Å². The van der Waals surface area contributed by atoms with E-state index in [0.717, 1.165) is 19.3 Å². The Balaban J connectivity index is 2.53. The smallest absolute Gasteiger partial charge is 0.0278 e. The molecule has 1 aromatic rings. The van der Waals surface area contributed by atoms with E-state index in [0.29, 0.717) is 11.3 Å². The summed E-state index contributed by atoms with van der Waals surface area (Å²) in [5.41, 5.74) is 6.15. The first kappa shape index (κ1) is 12.5. The molecule has 0 radical (unpaired) electrons. The molecule has 2 N–H and O–H groups in total. The van der Waals surface area contributed by atoms with Gasteiger partial charge in [0.25, 0.3) is 0 Å². The van der Waals surface area contributed by atoms with Crippen LogP contribution >= 0.6 is 11.8 Å². The van der Waals surface area contributed by atoms with Gasteiger partial charge in [0.1, 0.15) is 0 Å². The molecule has 3 heteroatoms. The topological polar surface area (TPSA) is 38.9 Å². The maximum Gasteiger partial charge on any atom is 0.0278 e. The molecule has 1 heterocycles. The van der Waals surface area contributed by atoms with E-state index in [1.165, 1.54) is 4.90 Å². The summed E-state index contributed by atoms with van der Waals surface area (Å²) in [6.45, 7) is 4.39. The van der Waals surface area contributed by atoms with Crippen molar-refractivity contribution in [2.24, 2.45) is 5.73 Å². The van der Waals surface area contributed by atoms with Crippen LogP contribution in [0.25, 0.3) is 0 Å². The molecule has 1 rings (SSSR count). The highest BCUT2D eigenvalue weighted by atomic mass is 32.2. The summed E-state index contributed by atoms with van der Waals surface area (Å²) in [5.74, 6) is 0. The third-order valence-electron chi connectivity index (χ3n) is 2.44. The second-order valence-electron chi connectivity index (χ2n) is 3.70. The second-order valence-corrected chi connectivity index (χ2v) is 5.01. The lowest BCUT2D eigenvalue weighted by Crippen LogP contribution is -2.31. The summed E-state index contributed by atoms with van der Waals surface area (Å²) in [7, 11) is 0. The Morgan fingerprint density at radius 1 is 1.33 bits per heavy atom. The van der Waals surface area contributed by atoms with Gasteiger partial charge in [-0.1, -0.05) is 20.3 Å². The van der Waals surface area contributed by atoms with E-state index in [1.807, 2.05) is 36.3 Å². The molecular weight excluding hydrogens is 204 g/mol. The summed E-state index contributed by atoms with van der Waals surface area (Å²) in [6, 6.07) is 4.40. The van der Waals surface area contributed by atoms with Gasteiger partial charge in [0.15, 0.2) is 0 Å². The summed E-state index contributed by atoms with van der Waals surface area (Å²) in [5, 5.41) is 0.521. The molecule has 0 aromatic carbocycles. The SMILES string of the molecule is CCCC(N)C(CC)Sc1ccncc1. The van der Waals surface area contributed by atoms with Crippen molar-refractivity contribution >= 4 is 11.8 Å². The zero-order chi connectivity index (χ0) is 11.1. The summed E-state index contributed by atoms with van der Waals surface area (Å²) in [4.78, 5) is 5.28. The van der Waals surface area contributed by atoms with Crippen LogP contribution in [0.5, 0.6) is 0 Å². The van der Waals surface area contributed by atoms with Gasteiger partial charge in [-0.3, -0.25) is 4.98 Å². The minimum atomic E-state index is 0.304. The molecule has 0 spiro atoms. The number of nitrogens with zero attached hydrogens (tertiary/aromatic N) is 1. The summed E-state index contributed by atoms with van der Waals surface area (Å²) >= 11 is 1.87. The Hall–Kier alpha value is -0.540. The van der Waals surface area contributed by atoms with Crippen LogP contribution in [-0.4, -0.2) is 16.3 Å². The van der Waals surface area contributed by atoms with Crippen molar-refractivity contribution in [3.8, 4) is 0 Å². The first-order chi connectivity index (χ1) is 7.27. The van der Waals surface area contributed by atoms with Gasteiger partial charge in [-0.25, -0.2) is 0 Å². The average Bonchev–Trinajstić information content (AvgIpc) is 2.27. The van der Waals surface area contributed by atoms with E-state index in [4.69, 9.17) is 5.73 Å². The lowest BCUT2D eigenvalue weighted by molar-refractivity contribution is 0.567. The van der Waals surface area contributed by atoms with E-state index in [-0.39, 0.29) is 0 Å². The van der Waals surface area contributed by atoms with E-state index >= 15 is 0 Å². The largest absolute Gasteiger partial charge is 0.327 e. The van der Waals surface area contributed by atoms with Crippen LogP contribution in [0.2, 0.25) is 0 Å². The molecule has 0 aliphatic rings. The highest BCUT2D eigenvalue weighted by molar-refractivity contribution is 8.00. The summed E-state index contributed by atoms with van der Waals surface area (Å²) < 4.78 is 0. The molecule has 0 saturated carbocycles. The Labute approximate surface area is 96.7 Å². The maximum atomic E-state index is 6.15. The van der Waals surface area contributed by atoms with Crippen LogP contribution in [0.4, 0.5) is 0 Å². The number of thioether (sulfide) groups is 1. The molecule has 0 amide bonds. The van der Waals surface area contributed by atoms with Gasteiger partial charge in [0, 0.05) is 28.6 Å². The minimum absolute atomic E-state index is 0.304. The van der Waals surface area contributed by atoms with Crippen LogP contribution in [0.15, 0.2) is 29.4 Å². The molecule has 0 aliphatic carbocycles. The number of aromatic nitrogens is 1. The monoisotopic (exact) mass is 224 g/mol. The average molecular weight is 224 g/mol. The van der Waals surface area contributed by atoms with Crippen LogP contribution in [0.1, 0.15) is 33.1 Å². The van der Waals surface area contributed by atoms with Crippen molar-refractivity contribution in [2.45, 2.75) is 49.3 Å². The third-order valence-corrected chi connectivity index (χ3v) is 3.97. The van der Waals surface area contributed by atoms with E-state index < -0.39 is 0 Å². The molecule has 2 nitrogen and oxygen atoms in total. The van der Waals surface area contributed by atoms with E-state index in [1.54, 1.807) is 0 Å². The van der Waals surface area contributed by atoms with Crippen molar-refractivity contribution in [1.29, 1.82) is 0 Å². The van der Waals surface area contributed by atoms with E-state index in [2.05, 4.69) is 18.8 Å². The Bertz CT molecular complexity index is 264. The Morgan fingerprint density at radius 3 is 2.53 bits per heavy atom. The number of hydrogen-bond donors (Lipinski definition) is 1. The van der Waals surface area contributed by atoms with Crippen LogP contribution in [-0.2, 0) is 0 Å². The van der Waals surface area contributed by atoms with Crippen molar-refractivity contribution < 1.29 is 0 Å². The fourth-order valence-electron chi connectivity index (χ4n) is 1.58. The molecule has 0 fully saturated rings. The lowest BCUT2D eigenvalue weighted by Gasteiger charge is -2.21. The van der Waals surface area contributed by atoms with Crippen molar-refractivity contribution in [3.05, 3.63) is 24.5 Å². The van der Waals surface area contributed by atoms with Gasteiger partial charge in [-0.05, 0) is 25.0 Å². The normalized spacial score (nSPS) is 14.9. The predicted molar refractivity (Wildman–Crippen MR) is 67.1 cm³/mol. The molecule has 15 heavy (non-hydrogen) atoms. The standard InChI is InChI=1S/C12H20N2S/c1-3-5-11(13)12(4-2)15-10-6-8-14-9-7-10/h6-9,11-12H,3-5,13H2,1-2H3. The minimum Gasteiger partial charge on any atom is -0.327 e. The first-order valence-corrected chi connectivity index (χ1v) is 6.48. The lowest BCUT2D eigenvalue weighted by atomic mass is 10.1. The molecule has 2 unspecified atom stereocenters. The number of nitrogens with two attached hydrogens (primary N) is 1. The fourth-order valence-corrected chi connectivity index (χ4v) is 2.69. The van der Waals surface area contributed by atoms with Crippen molar-refractivity contribution in [2.75, 3.05) is 0 Å². The molecule has 0 aliphatic heterocycles. The molecular formula is C12H20N2S. The second kappa shape index (κ2) is 6.85. The van der Waals surface area contributed by atoms with Gasteiger partial charge in [-0.15, -0.1) is 11.8 Å².